The predicted octanol–water partition coefficient (Wildman–Crippen LogP) is 4.01. The van der Waals surface area contributed by atoms with Gasteiger partial charge in [-0.05, 0) is 49.2 Å². The first-order chi connectivity index (χ1) is 17.0. The first-order valence-corrected chi connectivity index (χ1v) is 11.0. The number of aliphatic carboxylic acids is 1. The van der Waals surface area contributed by atoms with Crippen molar-refractivity contribution in [3.8, 4) is 28.6 Å². The van der Waals surface area contributed by atoms with E-state index in [4.69, 9.17) is 9.47 Å². The molecule has 5 rings (SSSR count). The molecule has 1 atom stereocenters. The SMILES string of the molecule is O=C(O)[C@@H]1CCCN1C(=O)COc1ccc(-c2ncc3c(Oc4ccccc4F)c[nH]c3n2)cc1. The second-order valence-corrected chi connectivity index (χ2v) is 8.04. The molecule has 10 heteroatoms. The van der Waals surface area contributed by atoms with E-state index < -0.39 is 17.8 Å². The Balaban J connectivity index is 1.25. The highest BCUT2D eigenvalue weighted by atomic mass is 19.1. The topological polar surface area (TPSA) is 118 Å². The lowest BCUT2D eigenvalue weighted by Gasteiger charge is -2.21. The average Bonchev–Trinajstić information content (AvgIpc) is 3.52. The number of benzene rings is 2. The molecule has 3 heterocycles. The summed E-state index contributed by atoms with van der Waals surface area (Å²) < 4.78 is 25.1. The van der Waals surface area contributed by atoms with Crippen LogP contribution in [0.1, 0.15) is 12.8 Å². The van der Waals surface area contributed by atoms with Crippen molar-refractivity contribution in [2.45, 2.75) is 18.9 Å². The normalized spacial score (nSPS) is 15.3. The molecule has 2 aromatic carbocycles. The van der Waals surface area contributed by atoms with E-state index in [-0.39, 0.29) is 18.3 Å². The lowest BCUT2D eigenvalue weighted by Crippen LogP contribution is -2.42. The Labute approximate surface area is 199 Å². The highest BCUT2D eigenvalue weighted by Gasteiger charge is 2.33. The Bertz CT molecular complexity index is 1390. The van der Waals surface area contributed by atoms with Crippen LogP contribution in [0, 0.1) is 5.82 Å². The summed E-state index contributed by atoms with van der Waals surface area (Å²) in [6, 6.07) is 12.2. The number of hydrogen-bond donors (Lipinski definition) is 2. The van der Waals surface area contributed by atoms with Gasteiger partial charge >= 0.3 is 5.97 Å². The fraction of sp³-hybridized carbons (Fsp3) is 0.200. The maximum atomic E-state index is 13.9. The molecule has 1 aliphatic rings. The van der Waals surface area contributed by atoms with Gasteiger partial charge in [-0.25, -0.2) is 19.2 Å². The van der Waals surface area contributed by atoms with E-state index in [0.29, 0.717) is 47.7 Å². The molecule has 0 spiro atoms. The molecule has 0 aliphatic carbocycles. The van der Waals surface area contributed by atoms with Crippen LogP contribution in [-0.4, -0.2) is 56.0 Å². The summed E-state index contributed by atoms with van der Waals surface area (Å²) >= 11 is 0. The molecule has 0 radical (unpaired) electrons. The van der Waals surface area contributed by atoms with Gasteiger partial charge in [0.2, 0.25) is 0 Å². The van der Waals surface area contributed by atoms with Crippen molar-refractivity contribution in [2.24, 2.45) is 0 Å². The summed E-state index contributed by atoms with van der Waals surface area (Å²) in [6.45, 7) is 0.183. The number of fused-ring (bicyclic) bond motifs is 1. The van der Waals surface area contributed by atoms with E-state index in [1.165, 1.54) is 17.0 Å². The number of nitrogens with zero attached hydrogens (tertiary/aromatic N) is 3. The highest BCUT2D eigenvalue weighted by Crippen LogP contribution is 2.31. The number of halogens is 1. The number of para-hydroxylation sites is 1. The summed E-state index contributed by atoms with van der Waals surface area (Å²) in [5.41, 5.74) is 1.26. The number of likely N-dealkylation sites (tertiary alicyclic amines) is 1. The lowest BCUT2D eigenvalue weighted by atomic mass is 10.2. The Morgan fingerprint density at radius 1 is 1.14 bits per heavy atom. The van der Waals surface area contributed by atoms with Gasteiger partial charge in [0, 0.05) is 24.5 Å². The maximum absolute atomic E-state index is 13.9. The van der Waals surface area contributed by atoms with Gasteiger partial charge in [-0.3, -0.25) is 4.79 Å². The van der Waals surface area contributed by atoms with Crippen LogP contribution >= 0.6 is 0 Å². The molecule has 1 fully saturated rings. The second-order valence-electron chi connectivity index (χ2n) is 8.04. The molecular formula is C25H21FN4O5. The van der Waals surface area contributed by atoms with E-state index >= 15 is 0 Å². The van der Waals surface area contributed by atoms with E-state index in [2.05, 4.69) is 15.0 Å². The number of carbonyl (C=O) groups is 2. The molecule has 9 nitrogen and oxygen atoms in total. The number of rotatable bonds is 7. The standard InChI is InChI=1S/C25H21FN4O5/c26-18-4-1-2-6-20(18)35-21-13-28-24-17(21)12-27-23(29-24)15-7-9-16(10-8-15)34-14-22(31)30-11-3-5-19(30)25(32)33/h1-2,4,6-10,12-13,19H,3,5,11,14H2,(H,32,33)(H,27,28,29)/t19-/m0/s1. The molecule has 0 saturated carbocycles. The van der Waals surface area contributed by atoms with Crippen LogP contribution in [-0.2, 0) is 9.59 Å². The van der Waals surface area contributed by atoms with Crippen molar-refractivity contribution in [1.82, 2.24) is 19.9 Å². The largest absolute Gasteiger partial charge is 0.484 e. The van der Waals surface area contributed by atoms with Crippen molar-refractivity contribution in [3.05, 3.63) is 66.7 Å². The minimum atomic E-state index is -0.995. The summed E-state index contributed by atoms with van der Waals surface area (Å²) in [7, 11) is 0. The van der Waals surface area contributed by atoms with Crippen molar-refractivity contribution in [1.29, 1.82) is 0 Å². The first kappa shape index (κ1) is 22.3. The number of aromatic amines is 1. The van der Waals surface area contributed by atoms with E-state index in [0.717, 1.165) is 5.56 Å². The zero-order valence-electron chi connectivity index (χ0n) is 18.5. The van der Waals surface area contributed by atoms with Crippen LogP contribution in [0.4, 0.5) is 4.39 Å². The molecule has 0 unspecified atom stereocenters. The van der Waals surface area contributed by atoms with Crippen molar-refractivity contribution >= 4 is 22.9 Å². The number of hydrogen-bond acceptors (Lipinski definition) is 6. The molecule has 178 valence electrons. The molecule has 35 heavy (non-hydrogen) atoms. The number of aromatic nitrogens is 3. The molecule has 0 bridgehead atoms. The van der Waals surface area contributed by atoms with Crippen LogP contribution in [0.5, 0.6) is 17.2 Å². The zero-order valence-corrected chi connectivity index (χ0v) is 18.5. The first-order valence-electron chi connectivity index (χ1n) is 11.0. The van der Waals surface area contributed by atoms with Gasteiger partial charge in [-0.15, -0.1) is 0 Å². The minimum absolute atomic E-state index is 0.106. The number of carboxylic acids is 1. The quantitative estimate of drug-likeness (QED) is 0.414. The zero-order chi connectivity index (χ0) is 24.4. The Kier molecular flexibility index (Phi) is 6.01. The Morgan fingerprint density at radius 2 is 1.94 bits per heavy atom. The predicted molar refractivity (Wildman–Crippen MR) is 124 cm³/mol. The van der Waals surface area contributed by atoms with Gasteiger partial charge in [0.25, 0.3) is 5.91 Å². The number of amides is 1. The van der Waals surface area contributed by atoms with Gasteiger partial charge in [0.15, 0.2) is 29.7 Å². The monoisotopic (exact) mass is 476 g/mol. The molecule has 1 amide bonds. The van der Waals surface area contributed by atoms with Gasteiger partial charge in [-0.2, -0.15) is 0 Å². The van der Waals surface area contributed by atoms with Crippen LogP contribution in [0.2, 0.25) is 0 Å². The number of carboxylic acid groups (broad SMARTS) is 1. The van der Waals surface area contributed by atoms with Crippen LogP contribution in [0.25, 0.3) is 22.4 Å². The Hall–Kier alpha value is -4.47. The molecule has 1 saturated heterocycles. The third kappa shape index (κ3) is 4.63. The number of carbonyl (C=O) groups excluding carboxylic acids is 1. The van der Waals surface area contributed by atoms with Gasteiger partial charge in [-0.1, -0.05) is 12.1 Å². The average molecular weight is 476 g/mol. The number of ether oxygens (including phenoxy) is 2. The second kappa shape index (κ2) is 9.41. The summed E-state index contributed by atoms with van der Waals surface area (Å²) in [5.74, 6) is -0.373. The summed E-state index contributed by atoms with van der Waals surface area (Å²) in [4.78, 5) is 36.9. The third-order valence-electron chi connectivity index (χ3n) is 5.78. The van der Waals surface area contributed by atoms with Crippen molar-refractivity contribution < 1.29 is 28.6 Å². The molecule has 4 aromatic rings. The summed E-state index contributed by atoms with van der Waals surface area (Å²) in [5, 5.41) is 9.84. The van der Waals surface area contributed by atoms with Crippen LogP contribution < -0.4 is 9.47 Å². The van der Waals surface area contributed by atoms with Gasteiger partial charge in [0.1, 0.15) is 17.4 Å². The van der Waals surface area contributed by atoms with Crippen molar-refractivity contribution in [3.63, 3.8) is 0 Å². The fourth-order valence-corrected chi connectivity index (χ4v) is 4.00. The van der Waals surface area contributed by atoms with E-state index in [9.17, 15) is 19.1 Å². The van der Waals surface area contributed by atoms with E-state index in [1.54, 1.807) is 48.8 Å². The van der Waals surface area contributed by atoms with Gasteiger partial charge < -0.3 is 24.5 Å². The molecular weight excluding hydrogens is 455 g/mol. The molecule has 2 N–H and O–H groups in total. The minimum Gasteiger partial charge on any atom is -0.484 e. The van der Waals surface area contributed by atoms with Crippen molar-refractivity contribution in [2.75, 3.05) is 13.2 Å². The van der Waals surface area contributed by atoms with Gasteiger partial charge in [0.05, 0.1) is 5.39 Å². The smallest absolute Gasteiger partial charge is 0.326 e. The Morgan fingerprint density at radius 3 is 2.71 bits per heavy atom. The van der Waals surface area contributed by atoms with E-state index in [1.807, 2.05) is 0 Å². The fourth-order valence-electron chi connectivity index (χ4n) is 4.00. The van der Waals surface area contributed by atoms with Crippen LogP contribution in [0.3, 0.4) is 0 Å². The van der Waals surface area contributed by atoms with Crippen LogP contribution in [0.15, 0.2) is 60.9 Å². The molecule has 1 aliphatic heterocycles. The highest BCUT2D eigenvalue weighted by molar-refractivity contribution is 5.85. The number of nitrogens with one attached hydrogen (secondary N) is 1. The molecule has 2 aromatic heterocycles. The third-order valence-corrected chi connectivity index (χ3v) is 5.78. The number of H-pyrrole nitrogens is 1. The lowest BCUT2D eigenvalue weighted by molar-refractivity contribution is -0.148. The maximum Gasteiger partial charge on any atom is 0.326 e. The summed E-state index contributed by atoms with van der Waals surface area (Å²) in [6.07, 6.45) is 4.32.